The van der Waals surface area contributed by atoms with Gasteiger partial charge < -0.3 is 9.84 Å². The highest BCUT2D eigenvalue weighted by Gasteiger charge is 1.99. The summed E-state index contributed by atoms with van der Waals surface area (Å²) < 4.78 is 4.33. The van der Waals surface area contributed by atoms with E-state index in [1.807, 2.05) is 0 Å². The molecule has 0 spiro atoms. The van der Waals surface area contributed by atoms with Crippen molar-refractivity contribution in [2.45, 2.75) is 13.0 Å². The minimum atomic E-state index is -0.740. The molecule has 9 heavy (non-hydrogen) atoms. The number of aliphatic hydroxyl groups excluding tert-OH is 1. The summed E-state index contributed by atoms with van der Waals surface area (Å²) in [5.41, 5.74) is 1.75. The maximum atomic E-state index is 10.1. The number of ether oxygens (including phenoxy) is 1. The van der Waals surface area contributed by atoms with Crippen molar-refractivity contribution < 1.29 is 14.6 Å². The van der Waals surface area contributed by atoms with Crippen molar-refractivity contribution in [1.82, 2.24) is 5.43 Å². The van der Waals surface area contributed by atoms with Gasteiger partial charge in [0.1, 0.15) is 6.61 Å². The van der Waals surface area contributed by atoms with Gasteiger partial charge in [0.2, 0.25) is 0 Å². The average molecular weight is 134 g/mol. The summed E-state index contributed by atoms with van der Waals surface area (Å²) in [6.45, 7) is 1.47. The summed E-state index contributed by atoms with van der Waals surface area (Å²) in [4.78, 5) is 10.1. The summed E-state index contributed by atoms with van der Waals surface area (Å²) in [7, 11) is 0. The fraction of sp³-hybridized carbons (Fsp3) is 0.750. The average Bonchev–Trinajstić information content (AvgIpc) is 1.83. The van der Waals surface area contributed by atoms with Crippen LogP contribution in [-0.2, 0) is 4.74 Å². The van der Waals surface area contributed by atoms with Crippen LogP contribution in [0.1, 0.15) is 6.92 Å². The van der Waals surface area contributed by atoms with Crippen LogP contribution in [0.15, 0.2) is 0 Å². The van der Waals surface area contributed by atoms with Crippen LogP contribution in [-0.4, -0.2) is 23.9 Å². The molecule has 0 aliphatic rings. The number of rotatable bonds is 2. The highest BCUT2D eigenvalue weighted by molar-refractivity contribution is 5.66. The van der Waals surface area contributed by atoms with Gasteiger partial charge in [-0.05, 0) is 6.92 Å². The number of nitrogens with two attached hydrogens (primary N) is 1. The summed E-state index contributed by atoms with van der Waals surface area (Å²) >= 11 is 0. The number of carbonyl (C=O) groups excluding carboxylic acids is 1. The Bertz CT molecular complexity index is 93.8. The van der Waals surface area contributed by atoms with Gasteiger partial charge in [0.05, 0.1) is 6.10 Å². The molecule has 0 aliphatic heterocycles. The van der Waals surface area contributed by atoms with Crippen LogP contribution in [0.25, 0.3) is 0 Å². The Hall–Kier alpha value is -0.810. The van der Waals surface area contributed by atoms with Gasteiger partial charge in [-0.2, -0.15) is 0 Å². The summed E-state index contributed by atoms with van der Waals surface area (Å²) in [6.07, 6.45) is -1.39. The van der Waals surface area contributed by atoms with E-state index in [1.54, 1.807) is 5.43 Å². The summed E-state index contributed by atoms with van der Waals surface area (Å²) in [5.74, 6) is 4.65. The van der Waals surface area contributed by atoms with Gasteiger partial charge in [-0.25, -0.2) is 10.6 Å². The lowest BCUT2D eigenvalue weighted by Gasteiger charge is -2.04. The van der Waals surface area contributed by atoms with E-state index < -0.39 is 12.2 Å². The van der Waals surface area contributed by atoms with Crippen molar-refractivity contribution in [3.63, 3.8) is 0 Å². The highest BCUT2D eigenvalue weighted by atomic mass is 16.6. The standard InChI is InChI=1S/C4H10N2O3/c1-3(7)2-9-4(8)6-5/h3,7H,2,5H2,1H3,(H,6,8). The molecule has 0 bridgehead atoms. The van der Waals surface area contributed by atoms with Gasteiger partial charge in [0.25, 0.3) is 0 Å². The van der Waals surface area contributed by atoms with Crippen LogP contribution in [0.3, 0.4) is 0 Å². The Kier molecular flexibility index (Phi) is 3.74. The monoisotopic (exact) mass is 134 g/mol. The number of hydrogen-bond donors (Lipinski definition) is 3. The first kappa shape index (κ1) is 8.19. The van der Waals surface area contributed by atoms with Crippen LogP contribution < -0.4 is 11.3 Å². The second-order valence-corrected chi connectivity index (χ2v) is 1.59. The Morgan fingerprint density at radius 2 is 2.56 bits per heavy atom. The first-order valence-corrected chi connectivity index (χ1v) is 2.48. The molecule has 1 unspecified atom stereocenters. The quantitative estimate of drug-likeness (QED) is 0.256. The number of aliphatic hydroxyl groups is 1. The molecule has 0 aromatic heterocycles. The SMILES string of the molecule is CC(O)COC(=O)NN. The third-order valence-electron chi connectivity index (χ3n) is 0.573. The van der Waals surface area contributed by atoms with E-state index in [-0.39, 0.29) is 6.61 Å². The predicted molar refractivity (Wildman–Crippen MR) is 30.4 cm³/mol. The fourth-order valence-electron chi connectivity index (χ4n) is 0.238. The molecule has 0 saturated heterocycles. The molecular weight excluding hydrogens is 124 g/mol. The van der Waals surface area contributed by atoms with Crippen LogP contribution in [0, 0.1) is 0 Å². The molecule has 0 aromatic rings. The van der Waals surface area contributed by atoms with Gasteiger partial charge in [-0.1, -0.05) is 0 Å². The van der Waals surface area contributed by atoms with Crippen molar-refractivity contribution in [2.24, 2.45) is 5.84 Å². The highest BCUT2D eigenvalue weighted by Crippen LogP contribution is 1.81. The number of nitrogens with one attached hydrogen (secondary N) is 1. The number of amides is 1. The van der Waals surface area contributed by atoms with E-state index in [0.717, 1.165) is 0 Å². The predicted octanol–water partition coefficient (Wildman–Crippen LogP) is -1.03. The second-order valence-electron chi connectivity index (χ2n) is 1.59. The van der Waals surface area contributed by atoms with Crippen LogP contribution in [0.4, 0.5) is 4.79 Å². The second kappa shape index (κ2) is 4.11. The molecule has 5 nitrogen and oxygen atoms in total. The van der Waals surface area contributed by atoms with Crippen LogP contribution >= 0.6 is 0 Å². The largest absolute Gasteiger partial charge is 0.446 e. The maximum absolute atomic E-state index is 10.1. The van der Waals surface area contributed by atoms with Crippen LogP contribution in [0.2, 0.25) is 0 Å². The zero-order valence-electron chi connectivity index (χ0n) is 5.13. The molecular formula is C4H10N2O3. The molecule has 54 valence electrons. The summed E-state index contributed by atoms with van der Waals surface area (Å²) in [6, 6.07) is 0. The minimum Gasteiger partial charge on any atom is -0.446 e. The minimum absolute atomic E-state index is 0.0387. The molecule has 5 heteroatoms. The lowest BCUT2D eigenvalue weighted by atomic mass is 10.4. The van der Waals surface area contributed by atoms with Crippen molar-refractivity contribution in [1.29, 1.82) is 0 Å². The third-order valence-corrected chi connectivity index (χ3v) is 0.573. The van der Waals surface area contributed by atoms with Crippen molar-refractivity contribution in [3.8, 4) is 0 Å². The van der Waals surface area contributed by atoms with E-state index in [1.165, 1.54) is 6.92 Å². The molecule has 0 fully saturated rings. The maximum Gasteiger partial charge on any atom is 0.421 e. The van der Waals surface area contributed by atoms with E-state index in [0.29, 0.717) is 0 Å². The van der Waals surface area contributed by atoms with Crippen molar-refractivity contribution >= 4 is 6.09 Å². The smallest absolute Gasteiger partial charge is 0.421 e. The zero-order chi connectivity index (χ0) is 7.28. The normalized spacial score (nSPS) is 12.3. The van der Waals surface area contributed by atoms with Gasteiger partial charge in [0, 0.05) is 0 Å². The molecule has 0 heterocycles. The molecule has 1 atom stereocenters. The molecule has 4 N–H and O–H groups in total. The Morgan fingerprint density at radius 1 is 2.00 bits per heavy atom. The van der Waals surface area contributed by atoms with E-state index >= 15 is 0 Å². The van der Waals surface area contributed by atoms with Crippen LogP contribution in [0.5, 0.6) is 0 Å². The Labute approximate surface area is 52.8 Å². The van der Waals surface area contributed by atoms with Crippen molar-refractivity contribution in [3.05, 3.63) is 0 Å². The molecule has 0 radical (unpaired) electrons. The molecule has 1 amide bonds. The lowest BCUT2D eigenvalue weighted by molar-refractivity contribution is 0.0781. The Morgan fingerprint density at radius 3 is 2.89 bits per heavy atom. The number of hydrazine groups is 1. The first-order valence-electron chi connectivity index (χ1n) is 2.48. The zero-order valence-corrected chi connectivity index (χ0v) is 5.13. The first-order chi connectivity index (χ1) is 4.16. The molecule has 0 saturated carbocycles. The summed E-state index contributed by atoms with van der Waals surface area (Å²) in [5, 5.41) is 8.55. The topological polar surface area (TPSA) is 84.6 Å². The molecule has 0 aromatic carbocycles. The van der Waals surface area contributed by atoms with E-state index in [4.69, 9.17) is 5.11 Å². The molecule has 0 rings (SSSR count). The van der Waals surface area contributed by atoms with Gasteiger partial charge in [0.15, 0.2) is 0 Å². The fourth-order valence-corrected chi connectivity index (χ4v) is 0.238. The van der Waals surface area contributed by atoms with Gasteiger partial charge in [-0.3, -0.25) is 5.43 Å². The third kappa shape index (κ3) is 5.05. The van der Waals surface area contributed by atoms with E-state index in [9.17, 15) is 4.79 Å². The van der Waals surface area contributed by atoms with E-state index in [2.05, 4.69) is 10.6 Å². The Balaban J connectivity index is 3.17. The molecule has 0 aliphatic carbocycles. The number of carbonyl (C=O) groups is 1. The van der Waals surface area contributed by atoms with Gasteiger partial charge >= 0.3 is 6.09 Å². The van der Waals surface area contributed by atoms with Crippen molar-refractivity contribution in [2.75, 3.05) is 6.61 Å². The number of hydrogen-bond acceptors (Lipinski definition) is 4. The van der Waals surface area contributed by atoms with Gasteiger partial charge in [-0.15, -0.1) is 0 Å². The lowest BCUT2D eigenvalue weighted by Crippen LogP contribution is -2.32.